The van der Waals surface area contributed by atoms with Crippen LogP contribution in [-0.4, -0.2) is 23.0 Å². The van der Waals surface area contributed by atoms with E-state index in [1.807, 2.05) is 0 Å². The van der Waals surface area contributed by atoms with Crippen molar-refractivity contribution < 1.29 is 9.53 Å². The number of nitrogen functional groups attached to an aromatic ring is 1. The van der Waals surface area contributed by atoms with Crippen LogP contribution < -0.4 is 5.73 Å². The largest absolute Gasteiger partial charge is 0.465 e. The number of rotatable bonds is 2. The van der Waals surface area contributed by atoms with Crippen LogP contribution in [-0.2, 0) is 11.2 Å². The zero-order chi connectivity index (χ0) is 12.3. The molecule has 0 atom stereocenters. The summed E-state index contributed by atoms with van der Waals surface area (Å²) >= 11 is 0. The van der Waals surface area contributed by atoms with Gasteiger partial charge in [-0.05, 0) is 5.41 Å². The highest BCUT2D eigenvalue weighted by Crippen LogP contribution is 2.19. The lowest BCUT2D eigenvalue weighted by molar-refractivity contribution is 0.0601. The Hall–Kier alpha value is -1.65. The molecule has 0 saturated carbocycles. The molecule has 0 amide bonds. The molecule has 5 nitrogen and oxygen atoms in total. The maximum Gasteiger partial charge on any atom is 0.343 e. The molecule has 1 aromatic rings. The molecule has 1 rings (SSSR count). The third-order valence-electron chi connectivity index (χ3n) is 1.96. The second-order valence-corrected chi connectivity index (χ2v) is 4.81. The van der Waals surface area contributed by atoms with Crippen molar-refractivity contribution in [2.75, 3.05) is 12.8 Å². The van der Waals surface area contributed by atoms with Crippen LogP contribution in [0.5, 0.6) is 0 Å². The zero-order valence-electron chi connectivity index (χ0n) is 10.1. The van der Waals surface area contributed by atoms with E-state index in [2.05, 4.69) is 35.5 Å². The first-order valence-corrected chi connectivity index (χ1v) is 5.03. The molecule has 0 spiro atoms. The molecule has 2 N–H and O–H groups in total. The molecule has 0 fully saturated rings. The van der Waals surface area contributed by atoms with Crippen molar-refractivity contribution in [1.29, 1.82) is 0 Å². The summed E-state index contributed by atoms with van der Waals surface area (Å²) in [5.74, 6) is 0.290. The van der Waals surface area contributed by atoms with Gasteiger partial charge in [0.05, 0.1) is 7.11 Å². The maximum atomic E-state index is 11.2. The van der Waals surface area contributed by atoms with E-state index in [0.717, 1.165) is 0 Å². The van der Waals surface area contributed by atoms with E-state index in [1.165, 1.54) is 13.3 Å². The number of carbonyl (C=O) groups excluding carboxylic acids is 1. The number of esters is 1. The molecule has 1 heterocycles. The molecule has 16 heavy (non-hydrogen) atoms. The predicted octanol–water partition coefficient (Wildman–Crippen LogP) is 1.43. The Morgan fingerprint density at radius 1 is 1.50 bits per heavy atom. The Labute approximate surface area is 95.0 Å². The van der Waals surface area contributed by atoms with Crippen LogP contribution in [0.1, 0.15) is 37.0 Å². The molecule has 0 saturated heterocycles. The molecule has 0 aliphatic heterocycles. The lowest BCUT2D eigenvalue weighted by atomic mass is 9.92. The lowest BCUT2D eigenvalue weighted by Crippen LogP contribution is -2.15. The number of aromatic nitrogens is 2. The van der Waals surface area contributed by atoms with Gasteiger partial charge >= 0.3 is 5.97 Å². The molecule has 0 aliphatic rings. The first-order chi connectivity index (χ1) is 7.33. The van der Waals surface area contributed by atoms with Crippen molar-refractivity contribution in [3.8, 4) is 0 Å². The fraction of sp³-hybridized carbons (Fsp3) is 0.545. The first kappa shape index (κ1) is 12.4. The highest BCUT2D eigenvalue weighted by atomic mass is 16.5. The van der Waals surface area contributed by atoms with Gasteiger partial charge in [0.1, 0.15) is 17.2 Å². The second-order valence-electron chi connectivity index (χ2n) is 4.81. The smallest absolute Gasteiger partial charge is 0.343 e. The Kier molecular flexibility index (Phi) is 3.47. The zero-order valence-corrected chi connectivity index (χ0v) is 10.1. The van der Waals surface area contributed by atoms with Crippen LogP contribution in [0.15, 0.2) is 6.20 Å². The summed E-state index contributed by atoms with van der Waals surface area (Å²) in [6.07, 6.45) is 2.12. The molecule has 88 valence electrons. The van der Waals surface area contributed by atoms with Crippen LogP contribution >= 0.6 is 0 Å². The summed E-state index contributed by atoms with van der Waals surface area (Å²) in [7, 11) is 1.30. The Morgan fingerprint density at radius 3 is 2.56 bits per heavy atom. The summed E-state index contributed by atoms with van der Waals surface area (Å²) in [4.78, 5) is 19.4. The fourth-order valence-electron chi connectivity index (χ4n) is 1.26. The number of hydrogen-bond acceptors (Lipinski definition) is 5. The number of ether oxygens (including phenoxy) is 1. The van der Waals surface area contributed by atoms with E-state index in [0.29, 0.717) is 12.2 Å². The quantitative estimate of drug-likeness (QED) is 0.767. The van der Waals surface area contributed by atoms with Crippen molar-refractivity contribution in [3.05, 3.63) is 17.6 Å². The van der Waals surface area contributed by atoms with Crippen LogP contribution in [0.2, 0.25) is 0 Å². The third kappa shape index (κ3) is 3.18. The fourth-order valence-corrected chi connectivity index (χ4v) is 1.26. The van der Waals surface area contributed by atoms with E-state index in [9.17, 15) is 4.79 Å². The summed E-state index contributed by atoms with van der Waals surface area (Å²) in [5, 5.41) is 0. The average Bonchev–Trinajstić information content (AvgIpc) is 2.14. The molecule has 0 radical (unpaired) electrons. The lowest BCUT2D eigenvalue weighted by Gasteiger charge is -2.16. The van der Waals surface area contributed by atoms with Gasteiger partial charge in [-0.15, -0.1) is 0 Å². The number of carbonyl (C=O) groups is 1. The van der Waals surface area contributed by atoms with Gasteiger partial charge in [-0.25, -0.2) is 14.8 Å². The van der Waals surface area contributed by atoms with Crippen LogP contribution in [0.4, 0.5) is 5.82 Å². The van der Waals surface area contributed by atoms with E-state index >= 15 is 0 Å². The number of hydrogen-bond donors (Lipinski definition) is 1. The van der Waals surface area contributed by atoms with Gasteiger partial charge in [-0.2, -0.15) is 0 Å². The van der Waals surface area contributed by atoms with Crippen molar-refractivity contribution in [2.24, 2.45) is 5.41 Å². The molecule has 0 unspecified atom stereocenters. The van der Waals surface area contributed by atoms with Crippen molar-refractivity contribution >= 4 is 11.8 Å². The van der Waals surface area contributed by atoms with Gasteiger partial charge in [-0.1, -0.05) is 20.8 Å². The SMILES string of the molecule is COC(=O)c1cnc(CC(C)(C)C)nc1N. The topological polar surface area (TPSA) is 78.1 Å². The van der Waals surface area contributed by atoms with Crippen molar-refractivity contribution in [3.63, 3.8) is 0 Å². The van der Waals surface area contributed by atoms with Gasteiger partial charge in [0.2, 0.25) is 0 Å². The standard InChI is InChI=1S/C11H17N3O2/c1-11(2,3)5-8-13-6-7(9(12)14-8)10(15)16-4/h6H,5H2,1-4H3,(H2,12,13,14). The Morgan fingerprint density at radius 2 is 2.12 bits per heavy atom. The van der Waals surface area contributed by atoms with Gasteiger partial charge in [-0.3, -0.25) is 0 Å². The normalized spacial score (nSPS) is 11.2. The van der Waals surface area contributed by atoms with Crippen molar-refractivity contribution in [1.82, 2.24) is 9.97 Å². The van der Waals surface area contributed by atoms with Crippen LogP contribution in [0.3, 0.4) is 0 Å². The molecule has 0 aliphatic carbocycles. The van der Waals surface area contributed by atoms with Gasteiger partial charge in [0, 0.05) is 12.6 Å². The Bertz CT molecular complexity index is 397. The minimum Gasteiger partial charge on any atom is -0.465 e. The third-order valence-corrected chi connectivity index (χ3v) is 1.96. The van der Waals surface area contributed by atoms with E-state index < -0.39 is 5.97 Å². The summed E-state index contributed by atoms with van der Waals surface area (Å²) < 4.78 is 4.56. The van der Waals surface area contributed by atoms with Crippen LogP contribution in [0.25, 0.3) is 0 Å². The van der Waals surface area contributed by atoms with E-state index in [-0.39, 0.29) is 16.8 Å². The average molecular weight is 223 g/mol. The van der Waals surface area contributed by atoms with E-state index in [1.54, 1.807) is 0 Å². The highest BCUT2D eigenvalue weighted by Gasteiger charge is 2.17. The monoisotopic (exact) mass is 223 g/mol. The maximum absolute atomic E-state index is 11.2. The molecular formula is C11H17N3O2. The molecular weight excluding hydrogens is 206 g/mol. The molecule has 5 heteroatoms. The summed E-state index contributed by atoms with van der Waals surface area (Å²) in [6.45, 7) is 6.25. The van der Waals surface area contributed by atoms with E-state index in [4.69, 9.17) is 5.73 Å². The molecule has 0 aromatic carbocycles. The minimum atomic E-state index is -0.514. The van der Waals surface area contributed by atoms with Gasteiger partial charge < -0.3 is 10.5 Å². The first-order valence-electron chi connectivity index (χ1n) is 5.03. The second kappa shape index (κ2) is 4.47. The number of nitrogens with zero attached hydrogens (tertiary/aromatic N) is 2. The van der Waals surface area contributed by atoms with Crippen molar-refractivity contribution in [2.45, 2.75) is 27.2 Å². The number of methoxy groups -OCH3 is 1. The predicted molar refractivity (Wildman–Crippen MR) is 60.9 cm³/mol. The number of anilines is 1. The van der Waals surface area contributed by atoms with Gasteiger partial charge in [0.15, 0.2) is 0 Å². The van der Waals surface area contributed by atoms with Crippen LogP contribution in [0, 0.1) is 5.41 Å². The Balaban J connectivity index is 2.96. The minimum absolute atomic E-state index is 0.0826. The molecule has 0 bridgehead atoms. The summed E-state index contributed by atoms with van der Waals surface area (Å²) in [6, 6.07) is 0. The van der Waals surface area contributed by atoms with Gasteiger partial charge in [0.25, 0.3) is 0 Å². The number of nitrogens with two attached hydrogens (primary N) is 1. The highest BCUT2D eigenvalue weighted by molar-refractivity contribution is 5.93. The summed E-state index contributed by atoms with van der Waals surface area (Å²) in [5.41, 5.74) is 5.96. The molecule has 1 aromatic heterocycles.